The molecule has 1 aromatic heterocycles. The summed E-state index contributed by atoms with van der Waals surface area (Å²) in [7, 11) is -6.00. The van der Waals surface area contributed by atoms with Crippen LogP contribution in [0, 0.1) is 10.1 Å². The lowest BCUT2D eigenvalue weighted by molar-refractivity contribution is -0.666. The summed E-state index contributed by atoms with van der Waals surface area (Å²) in [6, 6.07) is 42.0. The van der Waals surface area contributed by atoms with Crippen molar-refractivity contribution in [2.45, 2.75) is 6.54 Å². The van der Waals surface area contributed by atoms with Crippen LogP contribution in [0.5, 0.6) is 0 Å². The lowest BCUT2D eigenvalue weighted by atomic mass is 9.98. The van der Waals surface area contributed by atoms with E-state index in [4.69, 9.17) is 0 Å². The van der Waals surface area contributed by atoms with E-state index < -0.39 is 7.25 Å². The van der Waals surface area contributed by atoms with E-state index in [9.17, 15) is 27.4 Å². The highest BCUT2D eigenvalue weighted by Gasteiger charge is 2.23. The summed E-state index contributed by atoms with van der Waals surface area (Å²) in [5.74, 6) is 0. The van der Waals surface area contributed by atoms with Crippen LogP contribution in [0.25, 0.3) is 33.6 Å². The van der Waals surface area contributed by atoms with Gasteiger partial charge in [0.05, 0.1) is 4.92 Å². The summed E-state index contributed by atoms with van der Waals surface area (Å²) in [5.41, 5.74) is 7.30. The predicted molar refractivity (Wildman–Crippen MR) is 145 cm³/mol. The van der Waals surface area contributed by atoms with Gasteiger partial charge in [0, 0.05) is 41.0 Å². The first-order chi connectivity index (χ1) is 18.7. The first-order valence-electron chi connectivity index (χ1n) is 12.0. The molecular formula is C30H23BF4N2O2. The average molecular weight is 530 g/mol. The average Bonchev–Trinajstić information content (AvgIpc) is 2.94. The molecule has 5 aromatic rings. The third-order valence-corrected chi connectivity index (χ3v) is 5.88. The van der Waals surface area contributed by atoms with Gasteiger partial charge in [0.25, 0.3) is 5.69 Å². The van der Waals surface area contributed by atoms with Gasteiger partial charge in [0.15, 0.2) is 6.54 Å². The van der Waals surface area contributed by atoms with Crippen LogP contribution in [0.15, 0.2) is 127 Å². The molecule has 0 radical (unpaired) electrons. The minimum absolute atomic E-state index is 0.0843. The molecule has 5 rings (SSSR count). The molecule has 0 N–H and O–H groups in total. The van der Waals surface area contributed by atoms with Gasteiger partial charge >= 0.3 is 7.25 Å². The van der Waals surface area contributed by atoms with Gasteiger partial charge < -0.3 is 17.3 Å². The van der Waals surface area contributed by atoms with E-state index in [-0.39, 0.29) is 10.6 Å². The van der Waals surface area contributed by atoms with Crippen LogP contribution < -0.4 is 4.57 Å². The second-order valence-electron chi connectivity index (χ2n) is 8.62. The van der Waals surface area contributed by atoms with Crippen LogP contribution in [-0.2, 0) is 6.54 Å². The van der Waals surface area contributed by atoms with Crippen LogP contribution in [-0.4, -0.2) is 12.2 Å². The summed E-state index contributed by atoms with van der Waals surface area (Å²) < 4.78 is 41.3. The number of aromatic nitrogens is 1. The van der Waals surface area contributed by atoms with Gasteiger partial charge in [-0.2, -0.15) is 4.57 Å². The van der Waals surface area contributed by atoms with Crippen molar-refractivity contribution in [3.05, 3.63) is 143 Å². The number of halogens is 4. The molecule has 0 saturated carbocycles. The number of pyridine rings is 1. The smallest absolute Gasteiger partial charge is 0.418 e. The molecule has 0 spiro atoms. The zero-order chi connectivity index (χ0) is 27.8. The van der Waals surface area contributed by atoms with E-state index >= 15 is 0 Å². The Hall–Kier alpha value is -4.79. The fourth-order valence-corrected chi connectivity index (χ4v) is 4.22. The summed E-state index contributed by atoms with van der Waals surface area (Å²) >= 11 is 0. The van der Waals surface area contributed by atoms with Gasteiger partial charge in [0.2, 0.25) is 11.4 Å². The van der Waals surface area contributed by atoms with E-state index in [2.05, 4.69) is 65.2 Å². The highest BCUT2D eigenvalue weighted by atomic mass is 19.5. The molecule has 9 heteroatoms. The summed E-state index contributed by atoms with van der Waals surface area (Å²) in [5, 5.41) is 11.4. The molecule has 0 atom stereocenters. The number of hydrogen-bond donors (Lipinski definition) is 0. The van der Waals surface area contributed by atoms with Crippen LogP contribution in [0.1, 0.15) is 5.56 Å². The molecule has 0 aliphatic carbocycles. The Kier molecular flexibility index (Phi) is 8.51. The maximum absolute atomic E-state index is 11.4. The third-order valence-electron chi connectivity index (χ3n) is 5.88. The number of nitrogens with zero attached hydrogens (tertiary/aromatic N) is 2. The number of hydrogen-bond acceptors (Lipinski definition) is 2. The molecule has 0 amide bonds. The van der Waals surface area contributed by atoms with Crippen LogP contribution >= 0.6 is 0 Å². The van der Waals surface area contributed by atoms with Crippen molar-refractivity contribution in [3.8, 4) is 33.6 Å². The highest BCUT2D eigenvalue weighted by Crippen LogP contribution is 2.31. The molecule has 0 bridgehead atoms. The van der Waals surface area contributed by atoms with Crippen molar-refractivity contribution in [1.29, 1.82) is 0 Å². The Morgan fingerprint density at radius 2 is 1.03 bits per heavy atom. The molecule has 1 heterocycles. The normalized spacial score (nSPS) is 10.9. The molecule has 0 aliphatic rings. The zero-order valence-electron chi connectivity index (χ0n) is 20.6. The first kappa shape index (κ1) is 27.3. The Labute approximate surface area is 223 Å². The Morgan fingerprint density at radius 3 is 1.49 bits per heavy atom. The number of nitro groups is 1. The highest BCUT2D eigenvalue weighted by molar-refractivity contribution is 6.50. The standard InChI is InChI=1S/C30H23N2O2.BF4/c33-32(34)28-18-10-17-26(19-28)27-20-29(24-13-6-2-7-14-24)31(22-23-11-4-1-5-12-23)30(21-27)25-15-8-3-9-16-25;2-1(3,4)5/h1-21H,22H2;/q+1;-1. The molecule has 4 aromatic carbocycles. The lowest BCUT2D eigenvalue weighted by Gasteiger charge is -2.13. The van der Waals surface area contributed by atoms with Crippen molar-refractivity contribution < 1.29 is 26.8 Å². The second-order valence-corrected chi connectivity index (χ2v) is 8.62. The van der Waals surface area contributed by atoms with Crippen molar-refractivity contribution in [3.63, 3.8) is 0 Å². The quantitative estimate of drug-likeness (QED) is 0.0730. The van der Waals surface area contributed by atoms with Crippen LogP contribution in [0.2, 0.25) is 0 Å². The van der Waals surface area contributed by atoms with Gasteiger partial charge in [-0.3, -0.25) is 10.1 Å². The van der Waals surface area contributed by atoms with Gasteiger partial charge in [-0.05, 0) is 35.4 Å². The van der Waals surface area contributed by atoms with Crippen LogP contribution in [0.3, 0.4) is 0 Å². The minimum atomic E-state index is -6.00. The van der Waals surface area contributed by atoms with Crippen molar-refractivity contribution in [2.75, 3.05) is 0 Å². The van der Waals surface area contributed by atoms with E-state index in [1.165, 1.54) is 11.6 Å². The maximum Gasteiger partial charge on any atom is 0.673 e. The molecular weight excluding hydrogens is 507 g/mol. The van der Waals surface area contributed by atoms with E-state index in [1.54, 1.807) is 12.1 Å². The minimum Gasteiger partial charge on any atom is -0.418 e. The summed E-state index contributed by atoms with van der Waals surface area (Å²) in [4.78, 5) is 11.1. The first-order valence-corrected chi connectivity index (χ1v) is 12.0. The van der Waals surface area contributed by atoms with Gasteiger partial charge in [-0.15, -0.1) is 0 Å². The lowest BCUT2D eigenvalue weighted by Crippen LogP contribution is -2.39. The molecule has 0 fully saturated rings. The number of benzene rings is 4. The third kappa shape index (κ3) is 7.61. The SMILES string of the molecule is F[B-](F)(F)F.O=[N+]([O-])c1cccc(-c2cc(-c3ccccc3)[n+](Cc3ccccc3)c(-c3ccccc3)c2)c1. The van der Waals surface area contributed by atoms with Crippen LogP contribution in [0.4, 0.5) is 23.0 Å². The molecule has 39 heavy (non-hydrogen) atoms. The summed E-state index contributed by atoms with van der Waals surface area (Å²) in [6.07, 6.45) is 0. The largest absolute Gasteiger partial charge is 0.673 e. The van der Waals surface area contributed by atoms with Gasteiger partial charge in [0.1, 0.15) is 0 Å². The van der Waals surface area contributed by atoms with E-state index in [1.807, 2.05) is 48.5 Å². The monoisotopic (exact) mass is 530 g/mol. The van der Waals surface area contributed by atoms with Crippen molar-refractivity contribution >= 4 is 12.9 Å². The molecule has 196 valence electrons. The predicted octanol–water partition coefficient (Wildman–Crippen LogP) is 8.23. The Morgan fingerprint density at radius 1 is 0.590 bits per heavy atom. The Balaban J connectivity index is 0.000000648. The fourth-order valence-electron chi connectivity index (χ4n) is 4.22. The molecule has 0 aliphatic heterocycles. The second kappa shape index (κ2) is 12.2. The van der Waals surface area contributed by atoms with Gasteiger partial charge in [-0.25, -0.2) is 0 Å². The van der Waals surface area contributed by atoms with E-state index in [0.29, 0.717) is 6.54 Å². The molecule has 0 saturated heterocycles. The Bertz CT molecular complexity index is 1480. The fraction of sp³-hybridized carbons (Fsp3) is 0.0333. The van der Waals surface area contributed by atoms with Gasteiger partial charge in [-0.1, -0.05) is 78.9 Å². The summed E-state index contributed by atoms with van der Waals surface area (Å²) in [6.45, 7) is 0.699. The van der Waals surface area contributed by atoms with Crippen molar-refractivity contribution in [1.82, 2.24) is 0 Å². The van der Waals surface area contributed by atoms with Crippen molar-refractivity contribution in [2.24, 2.45) is 0 Å². The molecule has 4 nitrogen and oxygen atoms in total. The zero-order valence-corrected chi connectivity index (χ0v) is 20.6. The number of nitro benzene ring substituents is 1. The number of non-ortho nitro benzene ring substituents is 1. The topological polar surface area (TPSA) is 47.0 Å². The molecule has 0 unspecified atom stereocenters. The van der Waals surface area contributed by atoms with E-state index in [0.717, 1.165) is 33.6 Å². The maximum atomic E-state index is 11.4. The number of rotatable bonds is 6.